The summed E-state index contributed by atoms with van der Waals surface area (Å²) < 4.78 is 28.3. The number of carboxylic acids is 1. The summed E-state index contributed by atoms with van der Waals surface area (Å²) in [7, 11) is -3.65. The molecule has 2 saturated heterocycles. The van der Waals surface area contributed by atoms with Crippen molar-refractivity contribution in [1.82, 2.24) is 8.61 Å². The average Bonchev–Trinajstić information content (AvgIpc) is 2.86. The van der Waals surface area contributed by atoms with Crippen LogP contribution in [-0.2, 0) is 15.0 Å². The van der Waals surface area contributed by atoms with Crippen LogP contribution in [0.3, 0.4) is 0 Å². The van der Waals surface area contributed by atoms with Crippen LogP contribution in [0.2, 0.25) is 0 Å². The molecule has 0 aliphatic carbocycles. The van der Waals surface area contributed by atoms with E-state index in [0.29, 0.717) is 45.3 Å². The summed E-state index contributed by atoms with van der Waals surface area (Å²) in [6.07, 6.45) is 4.86. The fraction of sp³-hybridized carbons (Fsp3) is 0.923. The van der Waals surface area contributed by atoms with E-state index in [1.807, 2.05) is 6.92 Å². The first kappa shape index (κ1) is 15.7. The van der Waals surface area contributed by atoms with Crippen LogP contribution in [0.25, 0.3) is 0 Å². The van der Waals surface area contributed by atoms with Crippen molar-refractivity contribution in [3.8, 4) is 0 Å². The molecule has 0 bridgehead atoms. The number of hydrogen-bond donors (Lipinski definition) is 1. The lowest BCUT2D eigenvalue weighted by molar-refractivity contribution is -0.147. The van der Waals surface area contributed by atoms with E-state index in [1.165, 1.54) is 8.61 Å². The fourth-order valence-electron chi connectivity index (χ4n) is 3.41. The van der Waals surface area contributed by atoms with Crippen molar-refractivity contribution in [2.75, 3.05) is 19.6 Å². The molecule has 2 rings (SSSR count). The van der Waals surface area contributed by atoms with Gasteiger partial charge >= 0.3 is 5.97 Å². The van der Waals surface area contributed by atoms with Gasteiger partial charge in [-0.1, -0.05) is 19.8 Å². The van der Waals surface area contributed by atoms with Gasteiger partial charge in [-0.05, 0) is 32.1 Å². The van der Waals surface area contributed by atoms with E-state index in [4.69, 9.17) is 0 Å². The SMILES string of the molecule is CCCC1(C(=O)O)CCCN1S(=O)(=O)N1CCCCC1. The Balaban J connectivity index is 2.30. The van der Waals surface area contributed by atoms with E-state index < -0.39 is 21.7 Å². The van der Waals surface area contributed by atoms with Crippen molar-refractivity contribution < 1.29 is 18.3 Å². The Morgan fingerprint density at radius 2 is 1.80 bits per heavy atom. The van der Waals surface area contributed by atoms with E-state index >= 15 is 0 Å². The highest BCUT2D eigenvalue weighted by Crippen LogP contribution is 2.37. The van der Waals surface area contributed by atoms with Crippen LogP contribution < -0.4 is 0 Å². The maximum Gasteiger partial charge on any atom is 0.325 e. The van der Waals surface area contributed by atoms with Crippen LogP contribution in [0.4, 0.5) is 0 Å². The van der Waals surface area contributed by atoms with Crippen molar-refractivity contribution in [2.24, 2.45) is 0 Å². The molecule has 1 unspecified atom stereocenters. The van der Waals surface area contributed by atoms with E-state index in [-0.39, 0.29) is 0 Å². The molecule has 0 radical (unpaired) electrons. The Kier molecular flexibility index (Phi) is 4.71. The van der Waals surface area contributed by atoms with Gasteiger partial charge in [0.15, 0.2) is 0 Å². The molecular weight excluding hydrogens is 280 g/mol. The predicted molar refractivity (Wildman–Crippen MR) is 75.6 cm³/mol. The molecule has 1 atom stereocenters. The molecule has 0 aromatic rings. The molecule has 0 saturated carbocycles. The van der Waals surface area contributed by atoms with Gasteiger partial charge in [0, 0.05) is 19.6 Å². The molecule has 20 heavy (non-hydrogen) atoms. The van der Waals surface area contributed by atoms with Crippen LogP contribution in [-0.4, -0.2) is 53.3 Å². The monoisotopic (exact) mass is 304 g/mol. The van der Waals surface area contributed by atoms with Gasteiger partial charge in [0.2, 0.25) is 0 Å². The van der Waals surface area contributed by atoms with Crippen LogP contribution >= 0.6 is 0 Å². The summed E-state index contributed by atoms with van der Waals surface area (Å²) in [4.78, 5) is 11.7. The maximum atomic E-state index is 12.8. The van der Waals surface area contributed by atoms with E-state index in [2.05, 4.69) is 0 Å². The molecule has 2 fully saturated rings. The normalized spacial score (nSPS) is 29.6. The zero-order chi connectivity index (χ0) is 14.8. The van der Waals surface area contributed by atoms with Gasteiger partial charge in [-0.15, -0.1) is 0 Å². The summed E-state index contributed by atoms with van der Waals surface area (Å²) in [5.74, 6) is -1.00. The van der Waals surface area contributed by atoms with Crippen molar-refractivity contribution >= 4 is 16.2 Å². The summed E-state index contributed by atoms with van der Waals surface area (Å²) in [6.45, 7) is 3.25. The highest BCUT2D eigenvalue weighted by molar-refractivity contribution is 7.86. The molecule has 2 aliphatic heterocycles. The highest BCUT2D eigenvalue weighted by atomic mass is 32.2. The molecule has 7 heteroatoms. The van der Waals surface area contributed by atoms with Gasteiger partial charge in [-0.3, -0.25) is 4.79 Å². The van der Waals surface area contributed by atoms with E-state index in [1.54, 1.807) is 0 Å². The minimum absolute atomic E-state index is 0.325. The standard InChI is InChI=1S/C13H24N2O4S/c1-2-7-13(12(16)17)8-6-11-15(13)20(18,19)14-9-4-3-5-10-14/h2-11H2,1H3,(H,16,17). The van der Waals surface area contributed by atoms with Crippen molar-refractivity contribution in [2.45, 2.75) is 57.4 Å². The summed E-state index contributed by atoms with van der Waals surface area (Å²) in [5.41, 5.74) is -1.23. The second kappa shape index (κ2) is 5.99. The molecule has 0 spiro atoms. The summed E-state index contributed by atoms with van der Waals surface area (Å²) in [5, 5.41) is 9.60. The lowest BCUT2D eigenvalue weighted by Crippen LogP contribution is -2.57. The van der Waals surface area contributed by atoms with Gasteiger partial charge in [0.1, 0.15) is 5.54 Å². The first-order valence-electron chi connectivity index (χ1n) is 7.46. The third-order valence-electron chi connectivity index (χ3n) is 4.41. The molecule has 2 aliphatic rings. The Morgan fingerprint density at radius 1 is 1.15 bits per heavy atom. The quantitative estimate of drug-likeness (QED) is 0.833. The number of piperidine rings is 1. The molecular formula is C13H24N2O4S. The Labute approximate surface area is 120 Å². The van der Waals surface area contributed by atoms with Crippen LogP contribution in [0.1, 0.15) is 51.9 Å². The molecule has 0 aromatic heterocycles. The zero-order valence-corrected chi connectivity index (χ0v) is 12.9. The Hall–Kier alpha value is -0.660. The molecule has 6 nitrogen and oxygen atoms in total. The van der Waals surface area contributed by atoms with Crippen LogP contribution in [0, 0.1) is 0 Å². The number of carbonyl (C=O) groups is 1. The van der Waals surface area contributed by atoms with Gasteiger partial charge in [0.25, 0.3) is 10.2 Å². The average molecular weight is 304 g/mol. The van der Waals surface area contributed by atoms with Gasteiger partial charge in [0.05, 0.1) is 0 Å². The first-order chi connectivity index (χ1) is 9.45. The first-order valence-corrected chi connectivity index (χ1v) is 8.86. The zero-order valence-electron chi connectivity index (χ0n) is 12.0. The van der Waals surface area contributed by atoms with Crippen LogP contribution in [0.15, 0.2) is 0 Å². The minimum Gasteiger partial charge on any atom is -0.480 e. The number of carboxylic acid groups (broad SMARTS) is 1. The smallest absolute Gasteiger partial charge is 0.325 e. The van der Waals surface area contributed by atoms with Crippen LogP contribution in [0.5, 0.6) is 0 Å². The van der Waals surface area contributed by atoms with E-state index in [9.17, 15) is 18.3 Å². The van der Waals surface area contributed by atoms with E-state index in [0.717, 1.165) is 19.3 Å². The third-order valence-corrected chi connectivity index (χ3v) is 6.52. The largest absolute Gasteiger partial charge is 0.480 e. The summed E-state index contributed by atoms with van der Waals surface area (Å²) in [6, 6.07) is 0. The fourth-order valence-corrected chi connectivity index (χ4v) is 5.47. The molecule has 0 aromatic carbocycles. The number of rotatable bonds is 5. The van der Waals surface area contributed by atoms with Gasteiger partial charge in [-0.25, -0.2) is 0 Å². The second-order valence-corrected chi connectivity index (χ2v) is 7.58. The molecule has 1 N–H and O–H groups in total. The molecule has 0 amide bonds. The number of aliphatic carboxylic acids is 1. The summed E-state index contributed by atoms with van der Waals surface area (Å²) >= 11 is 0. The van der Waals surface area contributed by atoms with Crippen molar-refractivity contribution in [3.63, 3.8) is 0 Å². The van der Waals surface area contributed by atoms with Gasteiger partial charge < -0.3 is 5.11 Å². The number of hydrogen-bond acceptors (Lipinski definition) is 3. The Morgan fingerprint density at radius 3 is 2.35 bits per heavy atom. The Bertz CT molecular complexity index is 459. The topological polar surface area (TPSA) is 77.9 Å². The second-order valence-electron chi connectivity index (χ2n) is 5.73. The van der Waals surface area contributed by atoms with Gasteiger partial charge in [-0.2, -0.15) is 17.0 Å². The lowest BCUT2D eigenvalue weighted by Gasteiger charge is -2.38. The minimum atomic E-state index is -3.65. The third kappa shape index (κ3) is 2.58. The number of nitrogens with zero attached hydrogens (tertiary/aromatic N) is 2. The predicted octanol–water partition coefficient (Wildman–Crippen LogP) is 1.44. The van der Waals surface area contributed by atoms with Crippen molar-refractivity contribution in [1.29, 1.82) is 0 Å². The highest BCUT2D eigenvalue weighted by Gasteiger charge is 2.53. The lowest BCUT2D eigenvalue weighted by atomic mass is 9.92. The molecule has 2 heterocycles. The maximum absolute atomic E-state index is 12.8. The molecule has 116 valence electrons. The van der Waals surface area contributed by atoms with Crippen molar-refractivity contribution in [3.05, 3.63) is 0 Å².